The van der Waals surface area contributed by atoms with Crippen LogP contribution in [-0.2, 0) is 6.42 Å². The number of nitrogens with zero attached hydrogens (tertiary/aromatic N) is 1. The first-order chi connectivity index (χ1) is 8.88. The third kappa shape index (κ3) is 3.74. The molecule has 2 aromatic rings. The van der Waals surface area contributed by atoms with Gasteiger partial charge in [0.25, 0.3) is 0 Å². The van der Waals surface area contributed by atoms with E-state index in [0.717, 1.165) is 24.3 Å². The van der Waals surface area contributed by atoms with E-state index in [4.69, 9.17) is 4.74 Å². The highest BCUT2D eigenvalue weighted by Gasteiger charge is 1.91. The molecule has 0 fully saturated rings. The van der Waals surface area contributed by atoms with Gasteiger partial charge >= 0.3 is 0 Å². The van der Waals surface area contributed by atoms with Crippen molar-refractivity contribution in [2.24, 2.45) is 4.99 Å². The molecule has 2 rings (SSSR count). The Labute approximate surface area is 108 Å². The lowest BCUT2D eigenvalue weighted by molar-refractivity contribution is 0.415. The molecule has 0 bridgehead atoms. The van der Waals surface area contributed by atoms with Crippen molar-refractivity contribution in [1.82, 2.24) is 0 Å². The van der Waals surface area contributed by atoms with E-state index in [-0.39, 0.29) is 0 Å². The van der Waals surface area contributed by atoms with E-state index in [9.17, 15) is 0 Å². The molecule has 0 aliphatic rings. The number of ether oxygens (including phenoxy) is 1. The molecule has 0 radical (unpaired) electrons. The fourth-order valence-corrected chi connectivity index (χ4v) is 1.70. The summed E-state index contributed by atoms with van der Waals surface area (Å²) < 4.78 is 5.11. The van der Waals surface area contributed by atoms with Gasteiger partial charge in [-0.25, -0.2) is 0 Å². The first kappa shape index (κ1) is 12.4. The third-order valence-electron chi connectivity index (χ3n) is 2.73. The van der Waals surface area contributed by atoms with Crippen molar-refractivity contribution in [3.8, 4) is 5.75 Å². The summed E-state index contributed by atoms with van der Waals surface area (Å²) in [7, 11) is 1.67. The minimum absolute atomic E-state index is 0.816. The number of aliphatic imine (C=N–C) groups is 1. The van der Waals surface area contributed by atoms with Crippen LogP contribution < -0.4 is 4.74 Å². The molecule has 18 heavy (non-hydrogen) atoms. The van der Waals surface area contributed by atoms with E-state index >= 15 is 0 Å². The zero-order valence-electron chi connectivity index (χ0n) is 10.5. The van der Waals surface area contributed by atoms with Crippen LogP contribution in [0, 0.1) is 0 Å². The molecule has 0 saturated heterocycles. The minimum atomic E-state index is 0.816. The van der Waals surface area contributed by atoms with Gasteiger partial charge in [0.1, 0.15) is 5.75 Å². The van der Waals surface area contributed by atoms with Gasteiger partial charge in [0.2, 0.25) is 0 Å². The molecule has 2 aromatic carbocycles. The lowest BCUT2D eigenvalue weighted by Crippen LogP contribution is -1.90. The van der Waals surface area contributed by atoms with Crippen molar-refractivity contribution >= 4 is 6.21 Å². The van der Waals surface area contributed by atoms with E-state index in [1.807, 2.05) is 36.5 Å². The van der Waals surface area contributed by atoms with E-state index in [0.29, 0.717) is 0 Å². The summed E-state index contributed by atoms with van der Waals surface area (Å²) in [6, 6.07) is 18.3. The van der Waals surface area contributed by atoms with E-state index in [1.165, 1.54) is 5.56 Å². The van der Waals surface area contributed by atoms with Crippen LogP contribution in [0.15, 0.2) is 59.6 Å². The highest BCUT2D eigenvalue weighted by atomic mass is 16.5. The van der Waals surface area contributed by atoms with Crippen molar-refractivity contribution in [2.75, 3.05) is 13.7 Å². The normalized spacial score (nSPS) is 10.7. The summed E-state index contributed by atoms with van der Waals surface area (Å²) in [4.78, 5) is 4.43. The van der Waals surface area contributed by atoms with Crippen LogP contribution in [0.4, 0.5) is 0 Å². The van der Waals surface area contributed by atoms with Crippen LogP contribution in [0.5, 0.6) is 5.75 Å². The highest BCUT2D eigenvalue weighted by molar-refractivity contribution is 5.79. The van der Waals surface area contributed by atoms with E-state index in [2.05, 4.69) is 29.3 Å². The molecule has 0 heterocycles. The summed E-state index contributed by atoms with van der Waals surface area (Å²) in [5, 5.41) is 0. The molecule has 2 heteroatoms. The Morgan fingerprint density at radius 3 is 2.39 bits per heavy atom. The summed E-state index contributed by atoms with van der Waals surface area (Å²) in [6.45, 7) is 0.816. The molecule has 0 aliphatic heterocycles. The van der Waals surface area contributed by atoms with Crippen molar-refractivity contribution in [3.63, 3.8) is 0 Å². The second kappa shape index (κ2) is 6.60. The van der Waals surface area contributed by atoms with Crippen LogP contribution in [0.2, 0.25) is 0 Å². The van der Waals surface area contributed by atoms with E-state index < -0.39 is 0 Å². The van der Waals surface area contributed by atoms with Crippen molar-refractivity contribution in [1.29, 1.82) is 0 Å². The van der Waals surface area contributed by atoms with E-state index in [1.54, 1.807) is 7.11 Å². The molecule has 0 unspecified atom stereocenters. The molecule has 2 nitrogen and oxygen atoms in total. The average Bonchev–Trinajstić information content (AvgIpc) is 2.45. The van der Waals surface area contributed by atoms with Crippen molar-refractivity contribution in [2.45, 2.75) is 6.42 Å². The van der Waals surface area contributed by atoms with Gasteiger partial charge in [-0.2, -0.15) is 0 Å². The predicted octanol–water partition coefficient (Wildman–Crippen LogP) is 3.36. The molecular weight excluding hydrogens is 222 g/mol. The second-order valence-electron chi connectivity index (χ2n) is 4.04. The number of rotatable bonds is 5. The lowest BCUT2D eigenvalue weighted by atomic mass is 10.1. The van der Waals surface area contributed by atoms with Gasteiger partial charge in [-0.3, -0.25) is 4.99 Å². The van der Waals surface area contributed by atoms with Gasteiger partial charge in [-0.1, -0.05) is 30.3 Å². The summed E-state index contributed by atoms with van der Waals surface area (Å²) in [5.41, 5.74) is 2.42. The SMILES string of the molecule is COc1ccc(C=NCCc2ccccc2)cc1. The topological polar surface area (TPSA) is 21.6 Å². The summed E-state index contributed by atoms with van der Waals surface area (Å²) >= 11 is 0. The Hall–Kier alpha value is -2.09. The second-order valence-corrected chi connectivity index (χ2v) is 4.04. The maximum absolute atomic E-state index is 5.11. The van der Waals surface area contributed by atoms with Gasteiger partial charge in [0.15, 0.2) is 0 Å². The quantitative estimate of drug-likeness (QED) is 0.733. The Balaban J connectivity index is 1.84. The largest absolute Gasteiger partial charge is 0.497 e. The Bertz CT molecular complexity index is 488. The van der Waals surface area contributed by atoms with Gasteiger partial charge in [-0.15, -0.1) is 0 Å². The van der Waals surface area contributed by atoms with Crippen LogP contribution in [0.1, 0.15) is 11.1 Å². The van der Waals surface area contributed by atoms with Crippen molar-refractivity contribution < 1.29 is 4.74 Å². The molecule has 92 valence electrons. The van der Waals surface area contributed by atoms with Crippen molar-refractivity contribution in [3.05, 3.63) is 65.7 Å². The first-order valence-corrected chi connectivity index (χ1v) is 6.06. The molecular formula is C16H17NO. The smallest absolute Gasteiger partial charge is 0.118 e. The zero-order chi connectivity index (χ0) is 12.6. The average molecular weight is 239 g/mol. The Morgan fingerprint density at radius 1 is 1.00 bits per heavy atom. The van der Waals surface area contributed by atoms with Gasteiger partial charge in [-0.05, 0) is 41.8 Å². The third-order valence-corrected chi connectivity index (χ3v) is 2.73. The first-order valence-electron chi connectivity index (χ1n) is 6.06. The molecule has 0 N–H and O–H groups in total. The summed E-state index contributed by atoms with van der Waals surface area (Å²) in [5.74, 6) is 0.872. The molecule has 0 spiro atoms. The maximum atomic E-state index is 5.11. The number of hydrogen-bond donors (Lipinski definition) is 0. The predicted molar refractivity (Wildman–Crippen MR) is 75.6 cm³/mol. The number of hydrogen-bond acceptors (Lipinski definition) is 2. The highest BCUT2D eigenvalue weighted by Crippen LogP contribution is 2.09. The number of methoxy groups -OCH3 is 1. The van der Waals surface area contributed by atoms with Gasteiger partial charge in [0.05, 0.1) is 7.11 Å². The van der Waals surface area contributed by atoms with Gasteiger partial charge in [0, 0.05) is 12.8 Å². The lowest BCUT2D eigenvalue weighted by Gasteiger charge is -1.99. The van der Waals surface area contributed by atoms with Crippen LogP contribution in [0.25, 0.3) is 0 Å². The molecule has 0 atom stereocenters. The standard InChI is InChI=1S/C16H17NO/c1-18-16-9-7-15(8-10-16)13-17-12-11-14-5-3-2-4-6-14/h2-10,13H,11-12H2,1H3. The maximum Gasteiger partial charge on any atom is 0.118 e. The molecule has 0 saturated carbocycles. The Kier molecular flexibility index (Phi) is 4.53. The van der Waals surface area contributed by atoms with Crippen LogP contribution in [0.3, 0.4) is 0 Å². The monoisotopic (exact) mass is 239 g/mol. The van der Waals surface area contributed by atoms with Crippen LogP contribution >= 0.6 is 0 Å². The fourth-order valence-electron chi connectivity index (χ4n) is 1.70. The molecule has 0 amide bonds. The fraction of sp³-hybridized carbons (Fsp3) is 0.188. The molecule has 0 aliphatic carbocycles. The zero-order valence-corrected chi connectivity index (χ0v) is 10.5. The number of benzene rings is 2. The summed E-state index contributed by atoms with van der Waals surface area (Å²) in [6.07, 6.45) is 2.88. The molecule has 0 aromatic heterocycles. The minimum Gasteiger partial charge on any atom is -0.497 e. The van der Waals surface area contributed by atoms with Crippen LogP contribution in [-0.4, -0.2) is 19.9 Å². The Morgan fingerprint density at radius 2 is 1.72 bits per heavy atom. The van der Waals surface area contributed by atoms with Gasteiger partial charge < -0.3 is 4.74 Å².